The molecule has 6 amide bonds. The highest BCUT2D eigenvalue weighted by atomic mass is 16.3. The number of amides is 6. The highest BCUT2D eigenvalue weighted by Crippen LogP contribution is 2.29. The number of imide groups is 2. The molecule has 0 aromatic carbocycles. The summed E-state index contributed by atoms with van der Waals surface area (Å²) in [5.74, 6) is -0.957. The first-order chi connectivity index (χ1) is 12.8. The smallest absolute Gasteiger partial charge is 0.421 e. The molecule has 2 saturated heterocycles. The van der Waals surface area contributed by atoms with Crippen molar-refractivity contribution in [3.63, 3.8) is 0 Å². The number of urea groups is 2. The van der Waals surface area contributed by atoms with E-state index in [1.165, 1.54) is 12.3 Å². The normalized spacial score (nSPS) is 28.8. The number of furan rings is 1. The SMILES string of the molecule is C[C@@H]1CCC[N+]1(C(N)=O)C(=O)[C@@H](N)CC1CN(C(=O)c2ccco2)C(=O)N1. The lowest BCUT2D eigenvalue weighted by atomic mass is 10.0. The first kappa shape index (κ1) is 19.1. The minimum Gasteiger partial charge on any atom is -0.459 e. The number of nitrogens with zero attached hydrogens (tertiary/aromatic N) is 2. The lowest BCUT2D eigenvalue weighted by Gasteiger charge is -2.33. The average molecular weight is 378 g/mol. The zero-order valence-electron chi connectivity index (χ0n) is 15.1. The Balaban J connectivity index is 1.67. The minimum absolute atomic E-state index is 0.0512. The highest BCUT2D eigenvalue weighted by Gasteiger charge is 2.53. The third kappa shape index (κ3) is 3.21. The number of carbonyl (C=O) groups is 4. The van der Waals surface area contributed by atoms with Gasteiger partial charge < -0.3 is 21.2 Å². The fourth-order valence-electron chi connectivity index (χ4n) is 3.99. The standard InChI is InChI=1S/C17H23N5O5/c1-10-4-2-6-22(10,16(19)25)15(24)12(18)8-11-9-21(17(26)20-11)14(23)13-5-3-7-27-13/h3,5,7,10-12H,2,4,6,8-9,18H2,1H3,(H2-,19,20,25,26)/p+1/t10-,11?,12+,22?/m1/s1. The number of carbonyl (C=O) groups excluding carboxylic acids is 4. The number of hydrogen-bond donors (Lipinski definition) is 3. The lowest BCUT2D eigenvalue weighted by molar-refractivity contribution is -0.784. The summed E-state index contributed by atoms with van der Waals surface area (Å²) in [7, 11) is 0. The van der Waals surface area contributed by atoms with Crippen LogP contribution in [-0.2, 0) is 4.79 Å². The summed E-state index contributed by atoms with van der Waals surface area (Å²) in [5.41, 5.74) is 11.6. The van der Waals surface area contributed by atoms with Crippen LogP contribution in [0.5, 0.6) is 0 Å². The molecule has 146 valence electrons. The molecule has 10 heteroatoms. The molecule has 4 atom stereocenters. The number of quaternary nitrogens is 1. The highest BCUT2D eigenvalue weighted by molar-refractivity contribution is 6.03. The predicted molar refractivity (Wildman–Crippen MR) is 93.1 cm³/mol. The van der Waals surface area contributed by atoms with Crippen molar-refractivity contribution in [3.8, 4) is 0 Å². The Morgan fingerprint density at radius 1 is 1.44 bits per heavy atom. The van der Waals surface area contributed by atoms with Gasteiger partial charge in [-0.2, -0.15) is 4.48 Å². The molecule has 2 unspecified atom stereocenters. The molecule has 2 aliphatic rings. The second kappa shape index (κ2) is 7.12. The molecule has 0 aliphatic carbocycles. The molecule has 10 nitrogen and oxygen atoms in total. The lowest BCUT2D eigenvalue weighted by Crippen LogP contribution is -2.66. The van der Waals surface area contributed by atoms with Gasteiger partial charge in [-0.3, -0.25) is 9.69 Å². The van der Waals surface area contributed by atoms with Crippen LogP contribution < -0.4 is 16.8 Å². The van der Waals surface area contributed by atoms with Gasteiger partial charge in [0.2, 0.25) is 0 Å². The summed E-state index contributed by atoms with van der Waals surface area (Å²) in [4.78, 5) is 50.4. The average Bonchev–Trinajstić information content (AvgIpc) is 3.34. The van der Waals surface area contributed by atoms with Gasteiger partial charge in [0.25, 0.3) is 5.91 Å². The van der Waals surface area contributed by atoms with Crippen molar-refractivity contribution in [1.29, 1.82) is 0 Å². The molecule has 0 saturated carbocycles. The number of primary amides is 1. The molecular weight excluding hydrogens is 354 g/mol. The molecular formula is C17H24N5O5+. The van der Waals surface area contributed by atoms with Crippen LogP contribution in [0.4, 0.5) is 9.59 Å². The summed E-state index contributed by atoms with van der Waals surface area (Å²) < 4.78 is 4.56. The van der Waals surface area contributed by atoms with E-state index in [1.807, 2.05) is 6.92 Å². The Hall–Kier alpha value is -2.72. The number of nitrogens with one attached hydrogen (secondary N) is 1. The number of likely N-dealkylation sites (tertiary alicyclic amines) is 1. The van der Waals surface area contributed by atoms with Crippen LogP contribution in [0.2, 0.25) is 0 Å². The van der Waals surface area contributed by atoms with E-state index in [1.54, 1.807) is 6.07 Å². The quantitative estimate of drug-likeness (QED) is 0.634. The van der Waals surface area contributed by atoms with Gasteiger partial charge in [0.05, 0.1) is 25.4 Å². The van der Waals surface area contributed by atoms with Gasteiger partial charge in [0, 0.05) is 12.8 Å². The van der Waals surface area contributed by atoms with Crippen LogP contribution in [-0.4, -0.2) is 64.5 Å². The Morgan fingerprint density at radius 3 is 2.74 bits per heavy atom. The van der Waals surface area contributed by atoms with Crippen LogP contribution >= 0.6 is 0 Å². The second-order valence-corrected chi connectivity index (χ2v) is 7.14. The third-order valence-corrected chi connectivity index (χ3v) is 5.48. The van der Waals surface area contributed by atoms with E-state index in [0.717, 1.165) is 4.90 Å². The van der Waals surface area contributed by atoms with Gasteiger partial charge in [-0.25, -0.2) is 14.4 Å². The summed E-state index contributed by atoms with van der Waals surface area (Å²) >= 11 is 0. The van der Waals surface area contributed by atoms with E-state index in [0.29, 0.717) is 19.4 Å². The second-order valence-electron chi connectivity index (χ2n) is 7.14. The molecule has 27 heavy (non-hydrogen) atoms. The molecule has 2 fully saturated rings. The fourth-order valence-corrected chi connectivity index (χ4v) is 3.99. The monoisotopic (exact) mass is 378 g/mol. The number of hydrogen-bond acceptors (Lipinski definition) is 6. The number of rotatable bonds is 4. The van der Waals surface area contributed by atoms with Gasteiger partial charge in [0.15, 0.2) is 5.76 Å². The van der Waals surface area contributed by atoms with E-state index in [2.05, 4.69) is 5.32 Å². The maximum atomic E-state index is 12.9. The molecule has 3 rings (SSSR count). The topological polar surface area (TPSA) is 149 Å². The Morgan fingerprint density at radius 2 is 2.19 bits per heavy atom. The Bertz CT molecular complexity index is 764. The molecule has 3 heterocycles. The van der Waals surface area contributed by atoms with E-state index in [-0.39, 0.29) is 24.8 Å². The van der Waals surface area contributed by atoms with Crippen molar-refractivity contribution in [2.24, 2.45) is 11.5 Å². The first-order valence-electron chi connectivity index (χ1n) is 8.91. The molecule has 0 radical (unpaired) electrons. The summed E-state index contributed by atoms with van der Waals surface area (Å²) in [6.45, 7) is 2.21. The van der Waals surface area contributed by atoms with Crippen LogP contribution in [0.1, 0.15) is 36.7 Å². The maximum absolute atomic E-state index is 12.9. The summed E-state index contributed by atoms with van der Waals surface area (Å²) in [6.07, 6.45) is 2.88. The van der Waals surface area contributed by atoms with Crippen molar-refractivity contribution in [3.05, 3.63) is 24.2 Å². The van der Waals surface area contributed by atoms with Gasteiger partial charge in [-0.05, 0) is 25.5 Å². The van der Waals surface area contributed by atoms with Crippen molar-refractivity contribution in [1.82, 2.24) is 10.2 Å². The van der Waals surface area contributed by atoms with Gasteiger partial charge in [-0.1, -0.05) is 0 Å². The van der Waals surface area contributed by atoms with Gasteiger partial charge in [-0.15, -0.1) is 0 Å². The zero-order chi connectivity index (χ0) is 19.8. The summed E-state index contributed by atoms with van der Waals surface area (Å²) in [5, 5.41) is 2.65. The van der Waals surface area contributed by atoms with Crippen molar-refractivity contribution >= 4 is 23.9 Å². The Labute approximate surface area is 156 Å². The largest absolute Gasteiger partial charge is 0.459 e. The van der Waals surface area contributed by atoms with Gasteiger partial charge in [0.1, 0.15) is 12.1 Å². The molecule has 1 aromatic heterocycles. The van der Waals surface area contributed by atoms with Crippen LogP contribution in [0.3, 0.4) is 0 Å². The van der Waals surface area contributed by atoms with E-state index >= 15 is 0 Å². The molecule has 0 bridgehead atoms. The molecule has 5 N–H and O–H groups in total. The predicted octanol–water partition coefficient (Wildman–Crippen LogP) is 0.135. The van der Waals surface area contributed by atoms with Crippen LogP contribution in [0.15, 0.2) is 22.8 Å². The van der Waals surface area contributed by atoms with Gasteiger partial charge >= 0.3 is 18.0 Å². The minimum atomic E-state index is -0.984. The third-order valence-electron chi connectivity index (χ3n) is 5.48. The fraction of sp³-hybridized carbons (Fsp3) is 0.529. The van der Waals surface area contributed by atoms with E-state index in [9.17, 15) is 19.2 Å². The Kier molecular flexibility index (Phi) is 5.03. The van der Waals surface area contributed by atoms with E-state index < -0.39 is 40.4 Å². The van der Waals surface area contributed by atoms with Crippen molar-refractivity contribution < 1.29 is 28.1 Å². The van der Waals surface area contributed by atoms with Crippen LogP contribution in [0.25, 0.3) is 0 Å². The molecule has 1 aromatic rings. The number of nitrogens with two attached hydrogens (primary N) is 2. The van der Waals surface area contributed by atoms with Crippen molar-refractivity contribution in [2.75, 3.05) is 13.1 Å². The summed E-state index contributed by atoms with van der Waals surface area (Å²) in [6, 6.07) is 0.0322. The molecule has 2 aliphatic heterocycles. The first-order valence-corrected chi connectivity index (χ1v) is 8.91. The van der Waals surface area contributed by atoms with Crippen LogP contribution in [0, 0.1) is 0 Å². The zero-order valence-corrected chi connectivity index (χ0v) is 15.1. The van der Waals surface area contributed by atoms with E-state index in [4.69, 9.17) is 15.9 Å². The maximum Gasteiger partial charge on any atom is 0.421 e. The van der Waals surface area contributed by atoms with Crippen molar-refractivity contribution in [2.45, 2.75) is 44.3 Å². The molecule has 0 spiro atoms.